The van der Waals surface area contributed by atoms with Gasteiger partial charge in [0.15, 0.2) is 5.78 Å². The lowest BCUT2D eigenvalue weighted by atomic mass is 9.91. The van der Waals surface area contributed by atoms with Crippen LogP contribution in [-0.4, -0.2) is 23.9 Å². The van der Waals surface area contributed by atoms with Gasteiger partial charge in [-0.1, -0.05) is 0 Å². The Morgan fingerprint density at radius 1 is 1.43 bits per heavy atom. The second-order valence-corrected chi connectivity index (χ2v) is 3.92. The van der Waals surface area contributed by atoms with Crippen LogP contribution < -0.4 is 5.32 Å². The average Bonchev–Trinajstić information content (AvgIpc) is 2.72. The van der Waals surface area contributed by atoms with E-state index in [0.29, 0.717) is 12.3 Å². The third kappa shape index (κ3) is 2.23. The first kappa shape index (κ1) is 9.46. The lowest BCUT2D eigenvalue weighted by Crippen LogP contribution is -2.28. The van der Waals surface area contributed by atoms with Gasteiger partial charge in [0, 0.05) is 24.4 Å². The van der Waals surface area contributed by atoms with E-state index in [-0.39, 0.29) is 5.78 Å². The molecule has 0 unspecified atom stereocenters. The molecule has 0 amide bonds. The molecule has 0 saturated carbocycles. The van der Waals surface area contributed by atoms with Crippen LogP contribution in [0, 0.1) is 5.92 Å². The van der Waals surface area contributed by atoms with Gasteiger partial charge < -0.3 is 10.3 Å². The Kier molecular flexibility index (Phi) is 2.99. The molecule has 1 saturated heterocycles. The number of aromatic amines is 1. The topological polar surface area (TPSA) is 44.9 Å². The molecule has 0 spiro atoms. The fourth-order valence-electron chi connectivity index (χ4n) is 1.96. The normalized spacial score (nSPS) is 18.3. The van der Waals surface area contributed by atoms with Crippen molar-refractivity contribution in [2.45, 2.75) is 19.3 Å². The van der Waals surface area contributed by atoms with Crippen molar-refractivity contribution in [2.24, 2.45) is 5.92 Å². The number of H-pyrrole nitrogens is 1. The molecule has 1 aliphatic heterocycles. The standard InChI is InChI=1S/C11H16N2O/c14-11(10-3-6-13-8-10)7-9-1-4-12-5-2-9/h3,6,8-9,12-13H,1-2,4-5,7H2. The molecule has 0 bridgehead atoms. The quantitative estimate of drug-likeness (QED) is 0.714. The lowest BCUT2D eigenvalue weighted by molar-refractivity contribution is 0.0952. The summed E-state index contributed by atoms with van der Waals surface area (Å²) < 4.78 is 0. The van der Waals surface area contributed by atoms with Gasteiger partial charge >= 0.3 is 0 Å². The highest BCUT2D eigenvalue weighted by Gasteiger charge is 2.17. The van der Waals surface area contributed by atoms with E-state index in [2.05, 4.69) is 10.3 Å². The Bertz CT molecular complexity index is 286. The van der Waals surface area contributed by atoms with Crippen LogP contribution in [0.4, 0.5) is 0 Å². The third-order valence-corrected chi connectivity index (χ3v) is 2.85. The van der Waals surface area contributed by atoms with Crippen LogP contribution in [0.1, 0.15) is 29.6 Å². The molecule has 1 aromatic rings. The average molecular weight is 192 g/mol. The van der Waals surface area contributed by atoms with Gasteiger partial charge in [-0.05, 0) is 37.9 Å². The van der Waals surface area contributed by atoms with Gasteiger partial charge in [0.2, 0.25) is 0 Å². The smallest absolute Gasteiger partial charge is 0.164 e. The number of nitrogens with one attached hydrogen (secondary N) is 2. The number of rotatable bonds is 3. The fourth-order valence-corrected chi connectivity index (χ4v) is 1.96. The van der Waals surface area contributed by atoms with Gasteiger partial charge in [-0.15, -0.1) is 0 Å². The summed E-state index contributed by atoms with van der Waals surface area (Å²) in [5.74, 6) is 0.858. The molecule has 2 N–H and O–H groups in total. The van der Waals surface area contributed by atoms with E-state index in [4.69, 9.17) is 0 Å². The van der Waals surface area contributed by atoms with Crippen LogP contribution in [0.3, 0.4) is 0 Å². The third-order valence-electron chi connectivity index (χ3n) is 2.85. The molecule has 1 aliphatic rings. The van der Waals surface area contributed by atoms with Crippen LogP contribution in [0.15, 0.2) is 18.5 Å². The second kappa shape index (κ2) is 4.42. The molecule has 76 valence electrons. The largest absolute Gasteiger partial charge is 0.367 e. The zero-order chi connectivity index (χ0) is 9.80. The molecule has 2 rings (SSSR count). The summed E-state index contributed by atoms with van der Waals surface area (Å²) >= 11 is 0. The molecule has 1 fully saturated rings. The highest BCUT2D eigenvalue weighted by Crippen LogP contribution is 2.18. The van der Waals surface area contributed by atoms with Gasteiger partial charge in [0.05, 0.1) is 0 Å². The summed E-state index contributed by atoms with van der Waals surface area (Å²) in [6.07, 6.45) is 6.56. The van der Waals surface area contributed by atoms with Crippen molar-refractivity contribution in [1.29, 1.82) is 0 Å². The van der Waals surface area contributed by atoms with Crippen molar-refractivity contribution >= 4 is 5.78 Å². The number of piperidine rings is 1. The minimum Gasteiger partial charge on any atom is -0.367 e. The van der Waals surface area contributed by atoms with Gasteiger partial charge in [-0.2, -0.15) is 0 Å². The molecule has 0 aliphatic carbocycles. The first-order valence-electron chi connectivity index (χ1n) is 5.23. The van der Waals surface area contributed by atoms with Crippen molar-refractivity contribution in [3.8, 4) is 0 Å². The number of carbonyl (C=O) groups excluding carboxylic acids is 1. The molecule has 3 nitrogen and oxygen atoms in total. The summed E-state index contributed by atoms with van der Waals surface area (Å²) in [5, 5.41) is 3.31. The van der Waals surface area contributed by atoms with Crippen LogP contribution in [-0.2, 0) is 0 Å². The zero-order valence-electron chi connectivity index (χ0n) is 8.25. The summed E-state index contributed by atoms with van der Waals surface area (Å²) in [6.45, 7) is 2.12. The molecule has 2 heterocycles. The Hall–Kier alpha value is -1.09. The Morgan fingerprint density at radius 2 is 2.21 bits per heavy atom. The molecule has 0 atom stereocenters. The maximum Gasteiger partial charge on any atom is 0.164 e. The molecule has 3 heteroatoms. The van der Waals surface area contributed by atoms with E-state index in [1.54, 1.807) is 12.4 Å². The van der Waals surface area contributed by atoms with E-state index in [1.165, 1.54) is 0 Å². The van der Waals surface area contributed by atoms with E-state index < -0.39 is 0 Å². The SMILES string of the molecule is O=C(CC1CCNCC1)c1cc[nH]c1. The monoisotopic (exact) mass is 192 g/mol. The zero-order valence-corrected chi connectivity index (χ0v) is 8.25. The predicted octanol–water partition coefficient (Wildman–Crippen LogP) is 1.59. The first-order chi connectivity index (χ1) is 6.86. The van der Waals surface area contributed by atoms with Crippen molar-refractivity contribution < 1.29 is 4.79 Å². The highest BCUT2D eigenvalue weighted by atomic mass is 16.1. The molecule has 0 aromatic carbocycles. The summed E-state index contributed by atoms with van der Waals surface area (Å²) in [5.41, 5.74) is 0.823. The maximum absolute atomic E-state index is 11.7. The second-order valence-electron chi connectivity index (χ2n) is 3.92. The predicted molar refractivity (Wildman–Crippen MR) is 55.3 cm³/mol. The molecular formula is C11H16N2O. The minimum atomic E-state index is 0.276. The van der Waals surface area contributed by atoms with E-state index in [9.17, 15) is 4.79 Å². The number of carbonyl (C=O) groups is 1. The van der Waals surface area contributed by atoms with E-state index in [1.807, 2.05) is 6.07 Å². The van der Waals surface area contributed by atoms with E-state index >= 15 is 0 Å². The highest BCUT2D eigenvalue weighted by molar-refractivity contribution is 5.95. The van der Waals surface area contributed by atoms with Crippen molar-refractivity contribution in [3.63, 3.8) is 0 Å². The van der Waals surface area contributed by atoms with Gasteiger partial charge in [-0.25, -0.2) is 0 Å². The number of hydrogen-bond acceptors (Lipinski definition) is 2. The van der Waals surface area contributed by atoms with Crippen LogP contribution in [0.25, 0.3) is 0 Å². The first-order valence-corrected chi connectivity index (χ1v) is 5.23. The van der Waals surface area contributed by atoms with Crippen LogP contribution in [0.5, 0.6) is 0 Å². The Morgan fingerprint density at radius 3 is 2.86 bits per heavy atom. The number of hydrogen-bond donors (Lipinski definition) is 2. The fraction of sp³-hybridized carbons (Fsp3) is 0.545. The summed E-state index contributed by atoms with van der Waals surface area (Å²) in [6, 6.07) is 1.85. The number of aromatic nitrogens is 1. The lowest BCUT2D eigenvalue weighted by Gasteiger charge is -2.21. The summed E-state index contributed by atoms with van der Waals surface area (Å²) in [7, 11) is 0. The van der Waals surface area contributed by atoms with Crippen LogP contribution >= 0.6 is 0 Å². The Labute approximate surface area is 83.9 Å². The van der Waals surface area contributed by atoms with Crippen LogP contribution in [0.2, 0.25) is 0 Å². The molecule has 0 radical (unpaired) electrons. The van der Waals surface area contributed by atoms with Crippen molar-refractivity contribution in [3.05, 3.63) is 24.0 Å². The number of ketones is 1. The van der Waals surface area contributed by atoms with Gasteiger partial charge in [0.1, 0.15) is 0 Å². The number of Topliss-reactive ketones (excluding diaryl/α,β-unsaturated/α-hetero) is 1. The minimum absolute atomic E-state index is 0.276. The molecular weight excluding hydrogens is 176 g/mol. The molecule has 14 heavy (non-hydrogen) atoms. The van der Waals surface area contributed by atoms with Crippen molar-refractivity contribution in [2.75, 3.05) is 13.1 Å². The van der Waals surface area contributed by atoms with Gasteiger partial charge in [0.25, 0.3) is 0 Å². The molecule has 1 aromatic heterocycles. The summed E-state index contributed by atoms with van der Waals surface area (Å²) in [4.78, 5) is 14.6. The van der Waals surface area contributed by atoms with Crippen molar-refractivity contribution in [1.82, 2.24) is 10.3 Å². The Balaban J connectivity index is 1.87. The maximum atomic E-state index is 11.7. The van der Waals surface area contributed by atoms with E-state index in [0.717, 1.165) is 31.5 Å². The van der Waals surface area contributed by atoms with Gasteiger partial charge in [-0.3, -0.25) is 4.79 Å².